The summed E-state index contributed by atoms with van der Waals surface area (Å²) in [6.45, 7) is 1.03. The number of nitrogens with zero attached hydrogens (tertiary/aromatic N) is 2. The van der Waals surface area contributed by atoms with E-state index in [2.05, 4.69) is 0 Å². The maximum absolute atomic E-state index is 14.2. The van der Waals surface area contributed by atoms with Crippen LogP contribution in [0.25, 0.3) is 5.57 Å². The summed E-state index contributed by atoms with van der Waals surface area (Å²) in [4.78, 5) is 29.8. The molecule has 2 heterocycles. The molecule has 2 amide bonds. The summed E-state index contributed by atoms with van der Waals surface area (Å²) in [5, 5.41) is 0. The fraction of sp³-hybridized carbons (Fsp3) is 0.227. The van der Waals surface area contributed by atoms with Crippen LogP contribution >= 0.6 is 24.0 Å². The number of methoxy groups -OCH3 is 1. The van der Waals surface area contributed by atoms with Crippen molar-refractivity contribution >= 4 is 51.4 Å². The van der Waals surface area contributed by atoms with E-state index in [4.69, 9.17) is 17.0 Å². The lowest BCUT2D eigenvalue weighted by molar-refractivity contribution is -0.122. The summed E-state index contributed by atoms with van der Waals surface area (Å²) in [5.41, 5.74) is 2.06. The third kappa shape index (κ3) is 3.66. The molecule has 0 unspecified atom stereocenters. The van der Waals surface area contributed by atoms with Crippen molar-refractivity contribution in [1.82, 2.24) is 4.90 Å². The second-order valence-electron chi connectivity index (χ2n) is 6.88. The van der Waals surface area contributed by atoms with Crippen LogP contribution in [0.15, 0.2) is 53.4 Å². The van der Waals surface area contributed by atoms with E-state index in [-0.39, 0.29) is 24.2 Å². The molecule has 1 fully saturated rings. The Morgan fingerprint density at radius 1 is 1.03 bits per heavy atom. The number of hydrogen-bond donors (Lipinski definition) is 0. The van der Waals surface area contributed by atoms with Gasteiger partial charge in [0.2, 0.25) is 0 Å². The number of benzene rings is 2. The first kappa shape index (κ1) is 20.7. The third-order valence-corrected chi connectivity index (χ3v) is 6.46. The zero-order valence-corrected chi connectivity index (χ0v) is 17.9. The first-order valence-electron chi connectivity index (χ1n) is 9.44. The summed E-state index contributed by atoms with van der Waals surface area (Å²) in [5.74, 6) is -0.968. The number of carbonyl (C=O) groups is 2. The first-order chi connectivity index (χ1) is 14.5. The van der Waals surface area contributed by atoms with Crippen molar-refractivity contribution in [3.8, 4) is 0 Å². The lowest BCUT2D eigenvalue weighted by Gasteiger charge is -2.17. The molecule has 4 rings (SSSR count). The molecule has 154 valence electrons. The van der Waals surface area contributed by atoms with Gasteiger partial charge in [-0.3, -0.25) is 14.5 Å². The van der Waals surface area contributed by atoms with Gasteiger partial charge in [-0.05, 0) is 18.6 Å². The van der Waals surface area contributed by atoms with Gasteiger partial charge in [0.15, 0.2) is 0 Å². The number of para-hydroxylation sites is 1. The molecule has 2 aromatic carbocycles. The number of amides is 2. The highest BCUT2D eigenvalue weighted by Gasteiger charge is 2.41. The smallest absolute Gasteiger partial charge is 0.267 e. The van der Waals surface area contributed by atoms with Gasteiger partial charge in [0, 0.05) is 31.4 Å². The predicted octanol–water partition coefficient (Wildman–Crippen LogP) is 3.98. The lowest BCUT2D eigenvalue weighted by atomic mass is 10.1. The molecule has 30 heavy (non-hydrogen) atoms. The number of carbonyl (C=O) groups excluding carboxylic acids is 2. The molecule has 0 radical (unpaired) electrons. The number of thioether (sulfide) groups is 1. The molecule has 0 saturated carbocycles. The molecule has 2 aliphatic rings. The lowest BCUT2D eigenvalue weighted by Crippen LogP contribution is -2.30. The van der Waals surface area contributed by atoms with Crippen LogP contribution in [0.4, 0.5) is 10.1 Å². The Bertz CT molecular complexity index is 1070. The van der Waals surface area contributed by atoms with E-state index in [9.17, 15) is 14.0 Å². The van der Waals surface area contributed by atoms with E-state index in [1.54, 1.807) is 37.4 Å². The van der Waals surface area contributed by atoms with Crippen molar-refractivity contribution < 1.29 is 18.7 Å². The average Bonchev–Trinajstić information content (AvgIpc) is 3.17. The summed E-state index contributed by atoms with van der Waals surface area (Å²) in [6.07, 6.45) is 0.648. The van der Waals surface area contributed by atoms with Gasteiger partial charge in [-0.2, -0.15) is 0 Å². The minimum Gasteiger partial charge on any atom is -0.385 e. The van der Waals surface area contributed by atoms with Gasteiger partial charge in [-0.1, -0.05) is 60.4 Å². The van der Waals surface area contributed by atoms with Gasteiger partial charge in [0.05, 0.1) is 22.7 Å². The third-order valence-electron chi connectivity index (χ3n) is 5.02. The minimum absolute atomic E-state index is 0.0835. The highest BCUT2D eigenvalue weighted by atomic mass is 32.2. The number of fused-ring (bicyclic) bond motifs is 1. The van der Waals surface area contributed by atoms with Crippen molar-refractivity contribution in [2.24, 2.45) is 0 Å². The van der Waals surface area contributed by atoms with E-state index in [0.29, 0.717) is 51.2 Å². The van der Waals surface area contributed by atoms with E-state index < -0.39 is 0 Å². The van der Waals surface area contributed by atoms with Gasteiger partial charge in [0.25, 0.3) is 11.8 Å². The van der Waals surface area contributed by atoms with E-state index in [1.807, 2.05) is 12.1 Å². The molecule has 0 bridgehead atoms. The normalized spacial score (nSPS) is 18.5. The SMILES string of the molecule is COCCCN1C(=O)/C(=C2/C(=O)N(Cc3ccccc3F)c3ccccc32)SC1=S. The predicted molar refractivity (Wildman–Crippen MR) is 119 cm³/mol. The van der Waals surface area contributed by atoms with Crippen molar-refractivity contribution in [3.63, 3.8) is 0 Å². The van der Waals surface area contributed by atoms with E-state index in [1.165, 1.54) is 15.9 Å². The van der Waals surface area contributed by atoms with Crippen LogP contribution in [0.5, 0.6) is 0 Å². The molecule has 0 atom stereocenters. The standard InChI is InChI=1S/C22H19FN2O3S2/c1-28-12-6-11-24-21(27)19(30-22(24)29)18-15-8-3-5-10-17(15)25(20(18)26)13-14-7-2-4-9-16(14)23/h2-5,7-10H,6,11-13H2,1H3/b19-18-. The number of thiocarbonyl (C=S) groups is 1. The van der Waals surface area contributed by atoms with Crippen LogP contribution in [0, 0.1) is 5.82 Å². The number of halogens is 1. The van der Waals surface area contributed by atoms with Gasteiger partial charge in [-0.15, -0.1) is 0 Å². The highest BCUT2D eigenvalue weighted by Crippen LogP contribution is 2.45. The van der Waals surface area contributed by atoms with Gasteiger partial charge in [-0.25, -0.2) is 4.39 Å². The fourth-order valence-corrected chi connectivity index (χ4v) is 4.94. The van der Waals surface area contributed by atoms with E-state index >= 15 is 0 Å². The zero-order chi connectivity index (χ0) is 21.3. The van der Waals surface area contributed by atoms with Gasteiger partial charge in [0.1, 0.15) is 10.1 Å². The van der Waals surface area contributed by atoms with Crippen molar-refractivity contribution in [1.29, 1.82) is 0 Å². The molecular formula is C22H19FN2O3S2. The highest BCUT2D eigenvalue weighted by molar-refractivity contribution is 8.26. The number of hydrogen-bond acceptors (Lipinski definition) is 5. The second-order valence-corrected chi connectivity index (χ2v) is 8.52. The summed E-state index contributed by atoms with van der Waals surface area (Å²) >= 11 is 6.53. The maximum Gasteiger partial charge on any atom is 0.267 e. The molecule has 0 spiro atoms. The fourth-order valence-electron chi connectivity index (χ4n) is 3.56. The Morgan fingerprint density at radius 3 is 2.53 bits per heavy atom. The Labute approximate surface area is 183 Å². The van der Waals surface area contributed by atoms with Crippen molar-refractivity contribution in [2.45, 2.75) is 13.0 Å². The molecule has 8 heteroatoms. The van der Waals surface area contributed by atoms with Gasteiger partial charge >= 0.3 is 0 Å². The van der Waals surface area contributed by atoms with Crippen LogP contribution in [-0.4, -0.2) is 41.3 Å². The molecular weight excluding hydrogens is 423 g/mol. The minimum atomic E-state index is -0.374. The quantitative estimate of drug-likeness (QED) is 0.385. The number of anilines is 1. The number of rotatable bonds is 6. The van der Waals surface area contributed by atoms with Crippen molar-refractivity contribution in [3.05, 3.63) is 70.4 Å². The summed E-state index contributed by atoms with van der Waals surface area (Å²) in [7, 11) is 1.60. The molecule has 0 aromatic heterocycles. The Morgan fingerprint density at radius 2 is 1.77 bits per heavy atom. The van der Waals surface area contributed by atoms with E-state index in [0.717, 1.165) is 11.8 Å². The van der Waals surface area contributed by atoms with Crippen LogP contribution in [0.2, 0.25) is 0 Å². The Kier molecular flexibility index (Phi) is 5.99. The van der Waals surface area contributed by atoms with Gasteiger partial charge < -0.3 is 9.64 Å². The maximum atomic E-state index is 14.2. The van der Waals surface area contributed by atoms with Crippen molar-refractivity contribution in [2.75, 3.05) is 25.2 Å². The topological polar surface area (TPSA) is 49.9 Å². The molecule has 2 aliphatic heterocycles. The monoisotopic (exact) mass is 442 g/mol. The van der Waals surface area contributed by atoms with Crippen LogP contribution in [0.3, 0.4) is 0 Å². The second kappa shape index (κ2) is 8.67. The van der Waals surface area contributed by atoms with Crippen LogP contribution < -0.4 is 4.90 Å². The Hall–Kier alpha value is -2.55. The summed E-state index contributed by atoms with van der Waals surface area (Å²) in [6, 6.07) is 13.6. The van der Waals surface area contributed by atoms with Crippen LogP contribution in [-0.2, 0) is 20.9 Å². The Balaban J connectivity index is 1.71. The van der Waals surface area contributed by atoms with Crippen LogP contribution in [0.1, 0.15) is 17.5 Å². The number of ether oxygens (including phenoxy) is 1. The molecule has 0 aliphatic carbocycles. The largest absolute Gasteiger partial charge is 0.385 e. The zero-order valence-electron chi connectivity index (χ0n) is 16.3. The first-order valence-corrected chi connectivity index (χ1v) is 10.7. The molecule has 5 nitrogen and oxygen atoms in total. The molecule has 0 N–H and O–H groups in total. The molecule has 1 saturated heterocycles. The summed E-state index contributed by atoms with van der Waals surface area (Å²) < 4.78 is 19.7. The average molecular weight is 443 g/mol. The molecule has 2 aromatic rings.